The molecule has 2 N–H and O–H groups in total. The zero-order valence-electron chi connectivity index (χ0n) is 11.5. The number of nitrogens with zero attached hydrogens (tertiary/aromatic N) is 3. The Labute approximate surface area is 114 Å². The molecule has 0 bridgehead atoms. The second-order valence-corrected chi connectivity index (χ2v) is 5.57. The Morgan fingerprint density at radius 1 is 1.37 bits per heavy atom. The fourth-order valence-electron chi connectivity index (χ4n) is 3.06. The number of likely N-dealkylation sites (tertiary alicyclic amines) is 1. The molecular formula is C15H22N4. The lowest BCUT2D eigenvalue weighted by molar-refractivity contribution is 0.181. The van der Waals surface area contributed by atoms with E-state index < -0.39 is 0 Å². The second-order valence-electron chi connectivity index (χ2n) is 5.57. The molecule has 102 valence electrons. The molecule has 1 saturated heterocycles. The van der Waals surface area contributed by atoms with Gasteiger partial charge in [0.15, 0.2) is 0 Å². The smallest absolute Gasteiger partial charge is 0.137 e. The van der Waals surface area contributed by atoms with Crippen LogP contribution in [0.1, 0.15) is 25.5 Å². The molecule has 0 aliphatic carbocycles. The Morgan fingerprint density at radius 3 is 3.11 bits per heavy atom. The SMILES string of the molecule is CCN1CCCC(Cc2cn3cc(N)ccc3n2)C1. The van der Waals surface area contributed by atoms with Crippen molar-refractivity contribution < 1.29 is 0 Å². The van der Waals surface area contributed by atoms with Crippen molar-refractivity contribution in [2.45, 2.75) is 26.2 Å². The van der Waals surface area contributed by atoms with E-state index in [9.17, 15) is 0 Å². The van der Waals surface area contributed by atoms with Gasteiger partial charge in [-0.25, -0.2) is 4.98 Å². The van der Waals surface area contributed by atoms with Gasteiger partial charge in [0.2, 0.25) is 0 Å². The molecule has 1 aliphatic heterocycles. The lowest BCUT2D eigenvalue weighted by atomic mass is 9.94. The third-order valence-electron chi connectivity index (χ3n) is 4.07. The average molecular weight is 258 g/mol. The summed E-state index contributed by atoms with van der Waals surface area (Å²) in [5.41, 5.74) is 8.76. The van der Waals surface area contributed by atoms with Gasteiger partial charge in [0.05, 0.1) is 5.69 Å². The van der Waals surface area contributed by atoms with Crippen molar-refractivity contribution in [1.29, 1.82) is 0 Å². The molecule has 1 atom stereocenters. The standard InChI is InChI=1S/C15H22N4/c1-2-18-7-3-4-12(9-18)8-14-11-19-10-13(16)5-6-15(19)17-14/h5-6,10-12H,2-4,7-9,16H2,1H3. The van der Waals surface area contributed by atoms with E-state index in [1.165, 1.54) is 31.6 Å². The molecule has 1 unspecified atom stereocenters. The first kappa shape index (κ1) is 12.5. The van der Waals surface area contributed by atoms with Crippen LogP contribution in [0.25, 0.3) is 5.65 Å². The number of pyridine rings is 1. The van der Waals surface area contributed by atoms with Crippen molar-refractivity contribution in [1.82, 2.24) is 14.3 Å². The third-order valence-corrected chi connectivity index (χ3v) is 4.07. The Hall–Kier alpha value is -1.55. The van der Waals surface area contributed by atoms with Crippen molar-refractivity contribution in [3.8, 4) is 0 Å². The third kappa shape index (κ3) is 2.73. The lowest BCUT2D eigenvalue weighted by Crippen LogP contribution is -2.35. The van der Waals surface area contributed by atoms with Crippen molar-refractivity contribution in [3.63, 3.8) is 0 Å². The predicted molar refractivity (Wildman–Crippen MR) is 78.1 cm³/mol. The minimum atomic E-state index is 0.746. The number of piperidine rings is 1. The lowest BCUT2D eigenvalue weighted by Gasteiger charge is -2.31. The molecule has 4 heteroatoms. The maximum atomic E-state index is 5.80. The predicted octanol–water partition coefficient (Wildman–Crippen LogP) is 2.19. The van der Waals surface area contributed by atoms with Crippen molar-refractivity contribution in [2.24, 2.45) is 5.92 Å². The number of hydrogen-bond donors (Lipinski definition) is 1. The van der Waals surface area contributed by atoms with Crippen molar-refractivity contribution in [3.05, 3.63) is 30.2 Å². The summed E-state index contributed by atoms with van der Waals surface area (Å²) in [6.45, 7) is 5.88. The molecule has 1 fully saturated rings. The Bertz CT molecular complexity index is 560. The summed E-state index contributed by atoms with van der Waals surface area (Å²) in [5, 5.41) is 0. The van der Waals surface area contributed by atoms with Gasteiger partial charge in [-0.05, 0) is 50.4 Å². The highest BCUT2D eigenvalue weighted by molar-refractivity contribution is 5.48. The molecule has 0 radical (unpaired) electrons. The number of aromatic nitrogens is 2. The van der Waals surface area contributed by atoms with Crippen molar-refractivity contribution in [2.75, 3.05) is 25.4 Å². The average Bonchev–Trinajstić information content (AvgIpc) is 2.80. The van der Waals surface area contributed by atoms with E-state index in [1.54, 1.807) is 0 Å². The van der Waals surface area contributed by atoms with E-state index in [-0.39, 0.29) is 0 Å². The van der Waals surface area contributed by atoms with Crippen LogP contribution < -0.4 is 5.73 Å². The zero-order chi connectivity index (χ0) is 13.2. The van der Waals surface area contributed by atoms with E-state index in [0.717, 1.165) is 30.2 Å². The quantitative estimate of drug-likeness (QED) is 0.918. The highest BCUT2D eigenvalue weighted by Gasteiger charge is 2.19. The summed E-state index contributed by atoms with van der Waals surface area (Å²) in [7, 11) is 0. The number of nitrogens with two attached hydrogens (primary N) is 1. The van der Waals surface area contributed by atoms with Crippen LogP contribution in [-0.2, 0) is 6.42 Å². The summed E-state index contributed by atoms with van der Waals surface area (Å²) in [4.78, 5) is 7.23. The summed E-state index contributed by atoms with van der Waals surface area (Å²) in [6.07, 6.45) is 7.78. The van der Waals surface area contributed by atoms with Gasteiger partial charge in [-0.2, -0.15) is 0 Å². The van der Waals surface area contributed by atoms with E-state index in [0.29, 0.717) is 0 Å². The summed E-state index contributed by atoms with van der Waals surface area (Å²) in [5.74, 6) is 0.746. The van der Waals surface area contributed by atoms with Crippen LogP contribution >= 0.6 is 0 Å². The fourth-order valence-corrected chi connectivity index (χ4v) is 3.06. The summed E-state index contributed by atoms with van der Waals surface area (Å²) in [6, 6.07) is 3.89. The number of fused-ring (bicyclic) bond motifs is 1. The number of anilines is 1. The van der Waals surface area contributed by atoms with E-state index >= 15 is 0 Å². The molecule has 2 aromatic heterocycles. The molecule has 3 heterocycles. The van der Waals surface area contributed by atoms with Gasteiger partial charge < -0.3 is 15.0 Å². The Kier molecular flexibility index (Phi) is 3.42. The van der Waals surface area contributed by atoms with Crippen LogP contribution in [0, 0.1) is 5.92 Å². The first-order valence-electron chi connectivity index (χ1n) is 7.20. The largest absolute Gasteiger partial charge is 0.398 e. The molecule has 19 heavy (non-hydrogen) atoms. The molecule has 4 nitrogen and oxygen atoms in total. The van der Waals surface area contributed by atoms with Gasteiger partial charge in [-0.1, -0.05) is 6.92 Å². The second kappa shape index (κ2) is 5.21. The number of nitrogen functional groups attached to an aromatic ring is 1. The topological polar surface area (TPSA) is 46.6 Å². The number of rotatable bonds is 3. The van der Waals surface area contributed by atoms with Gasteiger partial charge in [-0.3, -0.25) is 0 Å². The minimum absolute atomic E-state index is 0.746. The normalized spacial score (nSPS) is 21.0. The van der Waals surface area contributed by atoms with Crippen LogP contribution in [0.3, 0.4) is 0 Å². The van der Waals surface area contributed by atoms with Crippen LogP contribution in [0.2, 0.25) is 0 Å². The van der Waals surface area contributed by atoms with Gasteiger partial charge in [0.1, 0.15) is 5.65 Å². The van der Waals surface area contributed by atoms with E-state index in [4.69, 9.17) is 5.73 Å². The van der Waals surface area contributed by atoms with Gasteiger partial charge in [-0.15, -0.1) is 0 Å². The maximum absolute atomic E-state index is 5.80. The molecule has 2 aromatic rings. The van der Waals surface area contributed by atoms with Gasteiger partial charge >= 0.3 is 0 Å². The van der Waals surface area contributed by atoms with Crippen LogP contribution in [-0.4, -0.2) is 33.9 Å². The maximum Gasteiger partial charge on any atom is 0.137 e. The molecule has 0 amide bonds. The first-order valence-corrected chi connectivity index (χ1v) is 7.20. The molecular weight excluding hydrogens is 236 g/mol. The van der Waals surface area contributed by atoms with Gasteiger partial charge in [0, 0.05) is 24.6 Å². The van der Waals surface area contributed by atoms with Crippen LogP contribution in [0.15, 0.2) is 24.5 Å². The monoisotopic (exact) mass is 258 g/mol. The van der Waals surface area contributed by atoms with E-state index in [1.807, 2.05) is 22.7 Å². The van der Waals surface area contributed by atoms with Crippen LogP contribution in [0.5, 0.6) is 0 Å². The Morgan fingerprint density at radius 2 is 2.26 bits per heavy atom. The zero-order valence-corrected chi connectivity index (χ0v) is 11.5. The highest BCUT2D eigenvalue weighted by atomic mass is 15.1. The molecule has 0 aromatic carbocycles. The molecule has 0 saturated carbocycles. The van der Waals surface area contributed by atoms with E-state index in [2.05, 4.69) is 23.0 Å². The summed E-state index contributed by atoms with van der Waals surface area (Å²) < 4.78 is 2.03. The molecule has 3 rings (SSSR count). The first-order chi connectivity index (χ1) is 9.24. The van der Waals surface area contributed by atoms with Crippen molar-refractivity contribution >= 4 is 11.3 Å². The minimum Gasteiger partial charge on any atom is -0.398 e. The molecule has 0 spiro atoms. The number of hydrogen-bond acceptors (Lipinski definition) is 3. The fraction of sp³-hybridized carbons (Fsp3) is 0.533. The summed E-state index contributed by atoms with van der Waals surface area (Å²) >= 11 is 0. The van der Waals surface area contributed by atoms with Crippen LogP contribution in [0.4, 0.5) is 5.69 Å². The number of imidazole rings is 1. The van der Waals surface area contributed by atoms with Gasteiger partial charge in [0.25, 0.3) is 0 Å². The highest BCUT2D eigenvalue weighted by Crippen LogP contribution is 2.21. The Balaban J connectivity index is 1.74. The molecule has 1 aliphatic rings.